The second-order valence-electron chi connectivity index (χ2n) is 3.90. The molecule has 2 aromatic carbocycles. The normalized spacial score (nSPS) is 11.7. The molecule has 2 rings (SSSR count). The van der Waals surface area contributed by atoms with Gasteiger partial charge in [0.2, 0.25) is 0 Å². The molecule has 94 valence electrons. The topological polar surface area (TPSA) is 51.2 Å². The van der Waals surface area contributed by atoms with E-state index >= 15 is 0 Å². The Morgan fingerprint density at radius 3 is 2.33 bits per heavy atom. The Morgan fingerprint density at radius 1 is 1.11 bits per heavy atom. The number of hydrogen-bond acceptors (Lipinski definition) is 3. The first-order valence-corrected chi connectivity index (χ1v) is 7.43. The van der Waals surface area contributed by atoms with Crippen LogP contribution in [-0.4, -0.2) is 19.4 Å². The van der Waals surface area contributed by atoms with Crippen molar-refractivity contribution in [2.24, 2.45) is 0 Å². The highest BCUT2D eigenvalue weighted by atomic mass is 35.5. The third-order valence-corrected chi connectivity index (χ3v) is 4.73. The van der Waals surface area contributed by atoms with Crippen molar-refractivity contribution >= 4 is 37.5 Å². The fraction of sp³-hybridized carbons (Fsp3) is 0.154. The fourth-order valence-corrected chi connectivity index (χ4v) is 2.74. The molecule has 0 N–H and O–H groups in total. The summed E-state index contributed by atoms with van der Waals surface area (Å²) in [6.07, 6.45) is 0. The van der Waals surface area contributed by atoms with Crippen molar-refractivity contribution in [3.05, 3.63) is 42.0 Å². The van der Waals surface area contributed by atoms with E-state index in [1.807, 2.05) is 0 Å². The molecule has 3 nitrogen and oxygen atoms in total. The van der Waals surface area contributed by atoms with Gasteiger partial charge in [-0.1, -0.05) is 19.1 Å². The molecular weight excluding hydrogens is 272 g/mol. The van der Waals surface area contributed by atoms with Crippen LogP contribution in [0.3, 0.4) is 0 Å². The summed E-state index contributed by atoms with van der Waals surface area (Å²) < 4.78 is 23.5. The van der Waals surface area contributed by atoms with Gasteiger partial charge in [-0.25, -0.2) is 8.42 Å². The monoisotopic (exact) mass is 282 g/mol. The first kappa shape index (κ1) is 13.1. The molecule has 0 saturated carbocycles. The molecule has 5 heteroatoms. The summed E-state index contributed by atoms with van der Waals surface area (Å²) in [6.45, 7) is 1.61. The standard InChI is InChI=1S/C13H11ClO3S/c1-2-18(16,17)12-6-5-9-7-11(13(14)15)4-3-10(9)8-12/h3-8H,2H2,1H3. The molecule has 0 unspecified atom stereocenters. The van der Waals surface area contributed by atoms with Crippen LogP contribution < -0.4 is 0 Å². The van der Waals surface area contributed by atoms with E-state index in [9.17, 15) is 13.2 Å². The lowest BCUT2D eigenvalue weighted by atomic mass is 10.1. The summed E-state index contributed by atoms with van der Waals surface area (Å²) in [6, 6.07) is 9.76. The zero-order valence-electron chi connectivity index (χ0n) is 9.68. The molecule has 0 aliphatic heterocycles. The van der Waals surface area contributed by atoms with Gasteiger partial charge in [0.15, 0.2) is 9.84 Å². The molecule has 2 aromatic rings. The minimum absolute atomic E-state index is 0.0662. The first-order valence-electron chi connectivity index (χ1n) is 5.40. The number of rotatable bonds is 3. The number of benzene rings is 2. The molecule has 0 radical (unpaired) electrons. The van der Waals surface area contributed by atoms with Crippen molar-refractivity contribution in [2.45, 2.75) is 11.8 Å². The van der Waals surface area contributed by atoms with E-state index in [2.05, 4.69) is 0 Å². The number of carbonyl (C=O) groups is 1. The molecule has 0 bridgehead atoms. The third kappa shape index (κ3) is 2.40. The molecule has 0 fully saturated rings. The van der Waals surface area contributed by atoms with E-state index in [4.69, 9.17) is 11.6 Å². The van der Waals surface area contributed by atoms with Crippen LogP contribution in [0.2, 0.25) is 0 Å². The van der Waals surface area contributed by atoms with Crippen LogP contribution in [0.15, 0.2) is 41.3 Å². The van der Waals surface area contributed by atoms with Crippen molar-refractivity contribution in [1.82, 2.24) is 0 Å². The van der Waals surface area contributed by atoms with Crippen LogP contribution >= 0.6 is 11.6 Å². The van der Waals surface area contributed by atoms with Crippen molar-refractivity contribution in [1.29, 1.82) is 0 Å². The molecule has 0 amide bonds. The van der Waals surface area contributed by atoms with Gasteiger partial charge in [0.05, 0.1) is 10.6 Å². The lowest BCUT2D eigenvalue weighted by molar-refractivity contribution is 0.108. The van der Waals surface area contributed by atoms with Crippen LogP contribution in [-0.2, 0) is 9.84 Å². The lowest BCUT2D eigenvalue weighted by Gasteiger charge is -2.04. The van der Waals surface area contributed by atoms with E-state index in [1.54, 1.807) is 43.3 Å². The second kappa shape index (κ2) is 4.71. The van der Waals surface area contributed by atoms with Crippen molar-refractivity contribution < 1.29 is 13.2 Å². The second-order valence-corrected chi connectivity index (χ2v) is 6.52. The van der Waals surface area contributed by atoms with E-state index in [0.29, 0.717) is 10.5 Å². The minimum atomic E-state index is -3.21. The fourth-order valence-electron chi connectivity index (χ4n) is 1.71. The van der Waals surface area contributed by atoms with Crippen LogP contribution in [0.5, 0.6) is 0 Å². The highest BCUT2D eigenvalue weighted by Gasteiger charge is 2.12. The largest absolute Gasteiger partial charge is 0.276 e. The molecule has 0 atom stereocenters. The number of sulfone groups is 1. The van der Waals surface area contributed by atoms with Gasteiger partial charge in [-0.15, -0.1) is 0 Å². The smallest absolute Gasteiger partial charge is 0.252 e. The first-order chi connectivity index (χ1) is 8.44. The molecule has 0 aliphatic rings. The van der Waals surface area contributed by atoms with Crippen molar-refractivity contribution in [3.8, 4) is 0 Å². The maximum absolute atomic E-state index is 11.7. The van der Waals surface area contributed by atoms with Gasteiger partial charge in [-0.2, -0.15) is 0 Å². The summed E-state index contributed by atoms with van der Waals surface area (Å²) >= 11 is 5.40. The quantitative estimate of drug-likeness (QED) is 0.813. The maximum Gasteiger partial charge on any atom is 0.252 e. The Bertz CT molecular complexity index is 720. The van der Waals surface area contributed by atoms with Gasteiger partial charge in [-0.05, 0) is 46.6 Å². The van der Waals surface area contributed by atoms with Crippen molar-refractivity contribution in [3.63, 3.8) is 0 Å². The molecule has 0 saturated heterocycles. The zero-order valence-corrected chi connectivity index (χ0v) is 11.3. The van der Waals surface area contributed by atoms with Gasteiger partial charge >= 0.3 is 0 Å². The van der Waals surface area contributed by atoms with E-state index in [-0.39, 0.29) is 5.75 Å². The molecule has 18 heavy (non-hydrogen) atoms. The van der Waals surface area contributed by atoms with E-state index in [0.717, 1.165) is 10.8 Å². The average molecular weight is 283 g/mol. The number of carbonyl (C=O) groups excluding carboxylic acids is 1. The predicted octanol–water partition coefficient (Wildman–Crippen LogP) is 3.01. The molecule has 0 spiro atoms. The van der Waals surface area contributed by atoms with Crippen LogP contribution in [0.4, 0.5) is 0 Å². The maximum atomic E-state index is 11.7. The average Bonchev–Trinajstić information content (AvgIpc) is 2.37. The predicted molar refractivity (Wildman–Crippen MR) is 71.9 cm³/mol. The Kier molecular flexibility index (Phi) is 3.41. The Hall–Kier alpha value is -1.39. The van der Waals surface area contributed by atoms with Crippen molar-refractivity contribution in [2.75, 3.05) is 5.75 Å². The Labute approximate surface area is 110 Å². The number of hydrogen-bond donors (Lipinski definition) is 0. The van der Waals surface area contributed by atoms with Gasteiger partial charge in [0.1, 0.15) is 0 Å². The molecule has 0 aliphatic carbocycles. The summed E-state index contributed by atoms with van der Waals surface area (Å²) in [7, 11) is -3.21. The number of halogens is 1. The van der Waals surface area contributed by atoms with Gasteiger partial charge in [0.25, 0.3) is 5.24 Å². The van der Waals surface area contributed by atoms with Crippen LogP contribution in [0.25, 0.3) is 10.8 Å². The molecule has 0 heterocycles. The minimum Gasteiger partial charge on any atom is -0.276 e. The Morgan fingerprint density at radius 2 is 1.72 bits per heavy atom. The summed E-state index contributed by atoms with van der Waals surface area (Å²) in [5.41, 5.74) is 0.398. The van der Waals surface area contributed by atoms with E-state index in [1.165, 1.54) is 0 Å². The molecular formula is C13H11ClO3S. The zero-order chi connectivity index (χ0) is 13.3. The van der Waals surface area contributed by atoms with Gasteiger partial charge in [0, 0.05) is 5.56 Å². The highest BCUT2D eigenvalue weighted by Crippen LogP contribution is 2.22. The molecule has 0 aromatic heterocycles. The van der Waals surface area contributed by atoms with Gasteiger partial charge < -0.3 is 0 Å². The third-order valence-electron chi connectivity index (χ3n) is 2.78. The Balaban J connectivity index is 2.61. The summed E-state index contributed by atoms with van der Waals surface area (Å²) in [4.78, 5) is 11.3. The number of fused-ring (bicyclic) bond motifs is 1. The van der Waals surface area contributed by atoms with Crippen LogP contribution in [0, 0.1) is 0 Å². The summed E-state index contributed by atoms with van der Waals surface area (Å²) in [5, 5.41) is 1.03. The van der Waals surface area contributed by atoms with Crippen LogP contribution in [0.1, 0.15) is 17.3 Å². The highest BCUT2D eigenvalue weighted by molar-refractivity contribution is 7.91. The van der Waals surface area contributed by atoms with E-state index < -0.39 is 15.1 Å². The van der Waals surface area contributed by atoms with Gasteiger partial charge in [-0.3, -0.25) is 4.79 Å². The lowest BCUT2D eigenvalue weighted by Crippen LogP contribution is -2.03. The SMILES string of the molecule is CCS(=O)(=O)c1ccc2cc(C(=O)Cl)ccc2c1. The summed E-state index contributed by atoms with van der Waals surface area (Å²) in [5.74, 6) is 0.0662.